The van der Waals surface area contributed by atoms with Crippen LogP contribution >= 0.6 is 44.1 Å². The third kappa shape index (κ3) is 3.52. The molecule has 98 valence electrons. The molecular formula is C13H8Br2FNOS. The first-order valence-corrected chi connectivity index (χ1v) is 7.19. The van der Waals surface area contributed by atoms with Crippen LogP contribution < -0.4 is 10.5 Å². The highest BCUT2D eigenvalue weighted by Crippen LogP contribution is 2.32. The van der Waals surface area contributed by atoms with E-state index in [4.69, 9.17) is 22.7 Å². The van der Waals surface area contributed by atoms with Gasteiger partial charge in [-0.25, -0.2) is 4.39 Å². The maximum absolute atomic E-state index is 13.0. The number of hydrogen-bond acceptors (Lipinski definition) is 2. The number of hydrogen-bond donors (Lipinski definition) is 1. The topological polar surface area (TPSA) is 35.2 Å². The van der Waals surface area contributed by atoms with E-state index in [1.165, 1.54) is 12.1 Å². The number of halogens is 3. The highest BCUT2D eigenvalue weighted by molar-refractivity contribution is 9.10. The third-order valence-electron chi connectivity index (χ3n) is 2.33. The quantitative estimate of drug-likeness (QED) is 0.747. The van der Waals surface area contributed by atoms with Gasteiger partial charge in [-0.1, -0.05) is 12.2 Å². The maximum Gasteiger partial charge on any atom is 0.141 e. The van der Waals surface area contributed by atoms with Gasteiger partial charge >= 0.3 is 0 Å². The van der Waals surface area contributed by atoms with Crippen molar-refractivity contribution in [3.8, 4) is 11.5 Å². The minimum Gasteiger partial charge on any atom is -0.456 e. The van der Waals surface area contributed by atoms with E-state index in [2.05, 4.69) is 31.9 Å². The first-order chi connectivity index (χ1) is 8.97. The summed E-state index contributed by atoms with van der Waals surface area (Å²) in [5.74, 6) is 0.791. The van der Waals surface area contributed by atoms with Crippen molar-refractivity contribution in [1.29, 1.82) is 0 Å². The summed E-state index contributed by atoms with van der Waals surface area (Å²) in [6, 6.07) is 9.49. The summed E-state index contributed by atoms with van der Waals surface area (Å²) in [6.45, 7) is 0. The molecule has 0 aliphatic heterocycles. The van der Waals surface area contributed by atoms with E-state index >= 15 is 0 Å². The van der Waals surface area contributed by atoms with E-state index in [9.17, 15) is 4.39 Å². The minimum atomic E-state index is -0.329. The molecule has 0 atom stereocenters. The fourth-order valence-electron chi connectivity index (χ4n) is 1.44. The summed E-state index contributed by atoms with van der Waals surface area (Å²) in [5, 5.41) is 0. The van der Waals surface area contributed by atoms with Crippen LogP contribution in [0.25, 0.3) is 0 Å². The van der Waals surface area contributed by atoms with Gasteiger partial charge in [-0.3, -0.25) is 0 Å². The summed E-state index contributed by atoms with van der Waals surface area (Å²) in [6.07, 6.45) is 0. The van der Waals surface area contributed by atoms with Crippen molar-refractivity contribution in [1.82, 2.24) is 0 Å². The van der Waals surface area contributed by atoms with Crippen molar-refractivity contribution in [3.63, 3.8) is 0 Å². The zero-order valence-corrected chi connectivity index (χ0v) is 13.5. The van der Waals surface area contributed by atoms with Gasteiger partial charge in [-0.2, -0.15) is 0 Å². The van der Waals surface area contributed by atoms with E-state index < -0.39 is 0 Å². The summed E-state index contributed by atoms with van der Waals surface area (Å²) >= 11 is 11.5. The van der Waals surface area contributed by atoms with Crippen LogP contribution in [0, 0.1) is 5.82 Å². The fraction of sp³-hybridized carbons (Fsp3) is 0. The molecule has 0 aliphatic carbocycles. The third-order valence-corrected chi connectivity index (χ3v) is 3.82. The van der Waals surface area contributed by atoms with Gasteiger partial charge in [0.25, 0.3) is 0 Å². The molecule has 0 heterocycles. The van der Waals surface area contributed by atoms with E-state index in [-0.39, 0.29) is 5.82 Å². The molecule has 0 aliphatic rings. The Balaban J connectivity index is 2.29. The highest BCUT2D eigenvalue weighted by Gasteiger charge is 2.07. The van der Waals surface area contributed by atoms with Gasteiger partial charge in [0.2, 0.25) is 0 Å². The molecule has 0 saturated heterocycles. The lowest BCUT2D eigenvalue weighted by molar-refractivity contribution is 0.477. The Hall–Kier alpha value is -0.980. The van der Waals surface area contributed by atoms with Crippen LogP contribution in [0.2, 0.25) is 0 Å². The Bertz CT molecular complexity index is 649. The fourth-order valence-corrected chi connectivity index (χ4v) is 2.76. The van der Waals surface area contributed by atoms with E-state index in [1.54, 1.807) is 24.3 Å². The molecule has 2 aromatic carbocycles. The van der Waals surface area contributed by atoms with E-state index in [1.807, 2.05) is 0 Å². The number of rotatable bonds is 3. The Labute approximate surface area is 132 Å². The molecule has 0 saturated carbocycles. The Kier molecular flexibility index (Phi) is 4.54. The normalized spacial score (nSPS) is 10.3. The number of nitrogens with two attached hydrogens (primary N) is 1. The maximum atomic E-state index is 13.0. The van der Waals surface area contributed by atoms with Gasteiger partial charge in [0.05, 0.1) is 4.47 Å². The summed E-state index contributed by atoms with van der Waals surface area (Å²) < 4.78 is 19.9. The second kappa shape index (κ2) is 5.98. The van der Waals surface area contributed by atoms with Gasteiger partial charge in [-0.05, 0) is 68.3 Å². The van der Waals surface area contributed by atoms with Gasteiger partial charge in [-0.15, -0.1) is 0 Å². The Morgan fingerprint density at radius 1 is 1.11 bits per heavy atom. The lowest BCUT2D eigenvalue weighted by Gasteiger charge is -2.09. The molecule has 19 heavy (non-hydrogen) atoms. The molecule has 0 aromatic heterocycles. The second-order valence-electron chi connectivity index (χ2n) is 3.68. The summed E-state index contributed by atoms with van der Waals surface area (Å²) in [5.41, 5.74) is 6.31. The van der Waals surface area contributed by atoms with Crippen LogP contribution in [0.5, 0.6) is 11.5 Å². The Morgan fingerprint density at radius 3 is 2.42 bits per heavy atom. The van der Waals surface area contributed by atoms with Gasteiger partial charge in [0.1, 0.15) is 22.3 Å². The molecule has 2 N–H and O–H groups in total. The number of thiocarbonyl (C=S) groups is 1. The van der Waals surface area contributed by atoms with Crippen molar-refractivity contribution in [2.75, 3.05) is 0 Å². The molecular weight excluding hydrogens is 397 g/mol. The lowest BCUT2D eigenvalue weighted by atomic mass is 10.2. The van der Waals surface area contributed by atoms with E-state index in [0.717, 1.165) is 10.0 Å². The monoisotopic (exact) mass is 403 g/mol. The molecule has 0 spiro atoms. The number of ether oxygens (including phenoxy) is 1. The van der Waals surface area contributed by atoms with Crippen molar-refractivity contribution >= 4 is 49.1 Å². The zero-order chi connectivity index (χ0) is 14.0. The van der Waals surface area contributed by atoms with Crippen molar-refractivity contribution in [2.24, 2.45) is 5.73 Å². The summed E-state index contributed by atoms with van der Waals surface area (Å²) in [4.78, 5) is 0.307. The number of benzene rings is 2. The molecule has 0 unspecified atom stereocenters. The minimum absolute atomic E-state index is 0.307. The SMILES string of the molecule is NC(=S)c1ccc(Oc2ccc(F)cc2Br)cc1Br. The van der Waals surface area contributed by atoms with Crippen LogP contribution in [0.3, 0.4) is 0 Å². The molecule has 2 aromatic rings. The molecule has 0 fully saturated rings. The summed E-state index contributed by atoms with van der Waals surface area (Å²) in [7, 11) is 0. The average Bonchev–Trinajstić information content (AvgIpc) is 2.32. The van der Waals surface area contributed by atoms with Crippen LogP contribution in [0.4, 0.5) is 4.39 Å². The zero-order valence-electron chi connectivity index (χ0n) is 9.49. The van der Waals surface area contributed by atoms with Crippen LogP contribution in [-0.4, -0.2) is 4.99 Å². The Morgan fingerprint density at radius 2 is 1.84 bits per heavy atom. The van der Waals surface area contributed by atoms with Gasteiger partial charge in [0.15, 0.2) is 0 Å². The van der Waals surface area contributed by atoms with Gasteiger partial charge in [0, 0.05) is 10.0 Å². The predicted molar refractivity (Wildman–Crippen MR) is 84.2 cm³/mol. The lowest BCUT2D eigenvalue weighted by Crippen LogP contribution is -2.09. The first-order valence-electron chi connectivity index (χ1n) is 5.19. The molecule has 2 nitrogen and oxygen atoms in total. The molecule has 6 heteroatoms. The molecule has 0 radical (unpaired) electrons. The standard InChI is InChI=1S/C13H8Br2FNOS/c14-10-6-8(2-3-9(10)13(17)19)18-12-4-1-7(16)5-11(12)15/h1-6H,(H2,17,19). The first kappa shape index (κ1) is 14.4. The van der Waals surface area contributed by atoms with Crippen molar-refractivity contribution < 1.29 is 9.13 Å². The van der Waals surface area contributed by atoms with E-state index in [0.29, 0.717) is 21.0 Å². The van der Waals surface area contributed by atoms with Crippen molar-refractivity contribution in [3.05, 3.63) is 56.7 Å². The predicted octanol–water partition coefficient (Wildman–Crippen LogP) is 4.78. The average molecular weight is 405 g/mol. The van der Waals surface area contributed by atoms with Crippen LogP contribution in [-0.2, 0) is 0 Å². The molecule has 2 rings (SSSR count). The largest absolute Gasteiger partial charge is 0.456 e. The molecule has 0 bridgehead atoms. The van der Waals surface area contributed by atoms with Crippen molar-refractivity contribution in [2.45, 2.75) is 0 Å². The highest BCUT2D eigenvalue weighted by atomic mass is 79.9. The van der Waals surface area contributed by atoms with Crippen LogP contribution in [0.15, 0.2) is 45.3 Å². The van der Waals surface area contributed by atoms with Gasteiger partial charge < -0.3 is 10.5 Å². The second-order valence-corrected chi connectivity index (χ2v) is 5.83. The van der Waals surface area contributed by atoms with Crippen LogP contribution in [0.1, 0.15) is 5.56 Å². The smallest absolute Gasteiger partial charge is 0.141 e. The molecule has 0 amide bonds.